The van der Waals surface area contributed by atoms with E-state index in [1.165, 1.54) is 0 Å². The van der Waals surface area contributed by atoms with Gasteiger partial charge < -0.3 is 4.74 Å². The first-order valence-electron chi connectivity index (χ1n) is 9.36. The summed E-state index contributed by atoms with van der Waals surface area (Å²) in [6.45, 7) is 0.475. The standard InChI is InChI=1S/C19H24N2O5S/c22-15-9-4-5-10-16(15)26-18(23)12-2-1-7-13-20-19-14-8-3-6-11-17(14)27(24,25)21-19/h3,6,8,11,16H,1-2,4-5,7,9-10,12-13H2,(H,20,21)/t16-/m0/s1. The number of carbonyl (C=O) groups is 2. The SMILES string of the molecule is O=C(CCCCCN=C1NS(=O)(=O)c2ccccc21)O[C@H]1CCCCC1=O. The van der Waals surface area contributed by atoms with Crippen LogP contribution in [0.3, 0.4) is 0 Å². The van der Waals surface area contributed by atoms with Crippen LogP contribution in [-0.2, 0) is 24.3 Å². The summed E-state index contributed by atoms with van der Waals surface area (Å²) < 4.78 is 31.7. The van der Waals surface area contributed by atoms with Gasteiger partial charge in [-0.15, -0.1) is 0 Å². The van der Waals surface area contributed by atoms with E-state index in [1.807, 2.05) is 0 Å². The summed E-state index contributed by atoms with van der Waals surface area (Å²) in [5.41, 5.74) is 0.596. The number of benzene rings is 1. The highest BCUT2D eigenvalue weighted by Gasteiger charge is 2.30. The Balaban J connectivity index is 1.38. The lowest BCUT2D eigenvalue weighted by Gasteiger charge is -2.20. The number of ether oxygens (including phenoxy) is 1. The fourth-order valence-corrected chi connectivity index (χ4v) is 4.54. The third-order valence-corrected chi connectivity index (χ3v) is 6.14. The molecule has 1 fully saturated rings. The van der Waals surface area contributed by atoms with Gasteiger partial charge >= 0.3 is 5.97 Å². The van der Waals surface area contributed by atoms with Crippen LogP contribution in [0.1, 0.15) is 56.9 Å². The Bertz CT molecular complexity index is 847. The third-order valence-electron chi connectivity index (χ3n) is 4.74. The molecule has 1 aromatic rings. The van der Waals surface area contributed by atoms with Crippen molar-refractivity contribution < 1.29 is 22.7 Å². The van der Waals surface area contributed by atoms with E-state index in [0.29, 0.717) is 37.2 Å². The third kappa shape index (κ3) is 4.94. The van der Waals surface area contributed by atoms with Crippen LogP contribution in [-0.4, -0.2) is 38.7 Å². The Labute approximate surface area is 159 Å². The Morgan fingerprint density at radius 3 is 2.81 bits per heavy atom. The first-order valence-corrected chi connectivity index (χ1v) is 10.8. The van der Waals surface area contributed by atoms with Crippen LogP contribution < -0.4 is 4.72 Å². The second-order valence-corrected chi connectivity index (χ2v) is 8.48. The van der Waals surface area contributed by atoms with Crippen LogP contribution >= 0.6 is 0 Å². The molecule has 0 amide bonds. The summed E-state index contributed by atoms with van der Waals surface area (Å²) in [4.78, 5) is 28.1. The molecule has 0 saturated heterocycles. The van der Waals surface area contributed by atoms with Gasteiger partial charge in [0.05, 0.1) is 4.90 Å². The number of amidine groups is 1. The van der Waals surface area contributed by atoms with Gasteiger partial charge in [0.15, 0.2) is 11.9 Å². The zero-order valence-electron chi connectivity index (χ0n) is 15.1. The zero-order chi connectivity index (χ0) is 19.3. The fourth-order valence-electron chi connectivity index (χ4n) is 3.29. The normalized spacial score (nSPS) is 22.3. The number of carbonyl (C=O) groups excluding carboxylic acids is 2. The van der Waals surface area contributed by atoms with Crippen molar-refractivity contribution >= 4 is 27.6 Å². The number of hydrogen-bond donors (Lipinski definition) is 1. The number of fused-ring (bicyclic) bond motifs is 1. The van der Waals surface area contributed by atoms with Crippen molar-refractivity contribution in [3.8, 4) is 0 Å². The minimum atomic E-state index is -3.50. The van der Waals surface area contributed by atoms with Crippen molar-refractivity contribution in [3.05, 3.63) is 29.8 Å². The number of Topliss-reactive ketones (excluding diaryl/α,β-unsaturated/α-hetero) is 1. The lowest BCUT2D eigenvalue weighted by atomic mass is 9.96. The number of ketones is 1. The van der Waals surface area contributed by atoms with E-state index in [4.69, 9.17) is 4.74 Å². The number of hydrogen-bond acceptors (Lipinski definition) is 6. The molecule has 1 saturated carbocycles. The summed E-state index contributed by atoms with van der Waals surface area (Å²) in [6, 6.07) is 6.75. The second kappa shape index (κ2) is 8.65. The Hall–Kier alpha value is -2.22. The van der Waals surface area contributed by atoms with E-state index >= 15 is 0 Å². The largest absolute Gasteiger partial charge is 0.454 e. The molecule has 0 aromatic heterocycles. The Morgan fingerprint density at radius 2 is 2.00 bits per heavy atom. The zero-order valence-corrected chi connectivity index (χ0v) is 16.0. The fraction of sp³-hybridized carbons (Fsp3) is 0.526. The average molecular weight is 392 g/mol. The van der Waals surface area contributed by atoms with Crippen LogP contribution in [0.15, 0.2) is 34.2 Å². The summed E-state index contributed by atoms with van der Waals surface area (Å²) in [7, 11) is -3.50. The van der Waals surface area contributed by atoms with E-state index in [1.54, 1.807) is 24.3 Å². The van der Waals surface area contributed by atoms with Gasteiger partial charge in [-0.1, -0.05) is 18.6 Å². The molecule has 1 aliphatic heterocycles. The summed E-state index contributed by atoms with van der Waals surface area (Å²) in [6.07, 6.45) is 4.87. The minimum Gasteiger partial charge on any atom is -0.454 e. The van der Waals surface area contributed by atoms with E-state index in [-0.39, 0.29) is 23.1 Å². The van der Waals surface area contributed by atoms with Crippen molar-refractivity contribution in [1.29, 1.82) is 0 Å². The quantitative estimate of drug-likeness (QED) is 0.567. The van der Waals surface area contributed by atoms with Gasteiger partial charge in [-0.3, -0.25) is 19.3 Å². The number of unbranched alkanes of at least 4 members (excludes halogenated alkanes) is 2. The maximum atomic E-state index is 12.0. The monoisotopic (exact) mass is 392 g/mol. The molecule has 27 heavy (non-hydrogen) atoms. The molecule has 0 bridgehead atoms. The highest BCUT2D eigenvalue weighted by Crippen LogP contribution is 2.22. The Morgan fingerprint density at radius 1 is 1.19 bits per heavy atom. The van der Waals surface area contributed by atoms with Crippen LogP contribution in [0.4, 0.5) is 0 Å². The minimum absolute atomic E-state index is 0.0321. The van der Waals surface area contributed by atoms with Crippen LogP contribution in [0.5, 0.6) is 0 Å². The van der Waals surface area contributed by atoms with Gasteiger partial charge in [0.25, 0.3) is 10.0 Å². The molecule has 7 nitrogen and oxygen atoms in total. The molecule has 146 valence electrons. The highest BCUT2D eigenvalue weighted by atomic mass is 32.2. The number of aliphatic imine (C=N–C) groups is 1. The van der Waals surface area contributed by atoms with Gasteiger partial charge in [0.2, 0.25) is 0 Å². The molecular formula is C19H24N2O5S. The molecule has 0 spiro atoms. The van der Waals surface area contributed by atoms with Gasteiger partial charge in [0.1, 0.15) is 5.84 Å². The Kier molecular flexibility index (Phi) is 6.26. The molecule has 0 radical (unpaired) electrons. The van der Waals surface area contributed by atoms with E-state index in [9.17, 15) is 18.0 Å². The van der Waals surface area contributed by atoms with Crippen molar-refractivity contribution in [2.24, 2.45) is 4.99 Å². The molecule has 1 N–H and O–H groups in total. The number of esters is 1. The van der Waals surface area contributed by atoms with Gasteiger partial charge in [0, 0.05) is 24.9 Å². The molecule has 2 aliphatic rings. The van der Waals surface area contributed by atoms with E-state index < -0.39 is 16.1 Å². The topological polar surface area (TPSA) is 102 Å². The molecule has 1 aliphatic carbocycles. The maximum Gasteiger partial charge on any atom is 0.306 e. The number of rotatable bonds is 7. The lowest BCUT2D eigenvalue weighted by molar-refractivity contribution is -0.156. The molecule has 8 heteroatoms. The molecule has 3 rings (SSSR count). The average Bonchev–Trinajstić information content (AvgIpc) is 2.91. The van der Waals surface area contributed by atoms with Crippen molar-refractivity contribution in [2.45, 2.75) is 62.4 Å². The number of nitrogens with zero attached hydrogens (tertiary/aromatic N) is 1. The van der Waals surface area contributed by atoms with Crippen molar-refractivity contribution in [3.63, 3.8) is 0 Å². The predicted octanol–water partition coefficient (Wildman–Crippen LogP) is 2.34. The molecule has 1 aromatic carbocycles. The van der Waals surface area contributed by atoms with E-state index in [2.05, 4.69) is 9.71 Å². The second-order valence-electron chi connectivity index (χ2n) is 6.83. The summed E-state index contributed by atoms with van der Waals surface area (Å²) in [5.74, 6) is 0.0876. The molecule has 1 heterocycles. The molecule has 1 atom stereocenters. The first-order chi connectivity index (χ1) is 13.0. The van der Waals surface area contributed by atoms with E-state index in [0.717, 1.165) is 25.7 Å². The molecular weight excluding hydrogens is 368 g/mol. The van der Waals surface area contributed by atoms with Crippen molar-refractivity contribution in [1.82, 2.24) is 4.72 Å². The predicted molar refractivity (Wildman–Crippen MR) is 100.0 cm³/mol. The van der Waals surface area contributed by atoms with Gasteiger partial charge in [-0.2, -0.15) is 0 Å². The van der Waals surface area contributed by atoms with Gasteiger partial charge in [-0.05, 0) is 44.2 Å². The highest BCUT2D eigenvalue weighted by molar-refractivity contribution is 7.90. The maximum absolute atomic E-state index is 12.0. The van der Waals surface area contributed by atoms with Crippen molar-refractivity contribution in [2.75, 3.05) is 6.54 Å². The van der Waals surface area contributed by atoms with Crippen LogP contribution in [0.25, 0.3) is 0 Å². The number of nitrogens with one attached hydrogen (secondary N) is 1. The van der Waals surface area contributed by atoms with Crippen LogP contribution in [0, 0.1) is 0 Å². The smallest absolute Gasteiger partial charge is 0.306 e. The summed E-state index contributed by atoms with van der Waals surface area (Å²) in [5, 5.41) is 0. The molecule has 0 unspecified atom stereocenters. The first kappa shape index (κ1) is 19.5. The number of sulfonamides is 1. The van der Waals surface area contributed by atoms with Gasteiger partial charge in [-0.25, -0.2) is 8.42 Å². The lowest BCUT2D eigenvalue weighted by Crippen LogP contribution is -2.30. The summed E-state index contributed by atoms with van der Waals surface area (Å²) >= 11 is 0. The van der Waals surface area contributed by atoms with Crippen LogP contribution in [0.2, 0.25) is 0 Å².